The largest absolute Gasteiger partial charge is 0.478 e. The summed E-state index contributed by atoms with van der Waals surface area (Å²) in [7, 11) is 0. The van der Waals surface area contributed by atoms with Gasteiger partial charge in [-0.1, -0.05) is 28.1 Å². The molecule has 0 amide bonds. The van der Waals surface area contributed by atoms with Crippen molar-refractivity contribution in [2.24, 2.45) is 0 Å². The molecule has 0 heterocycles. The van der Waals surface area contributed by atoms with E-state index in [2.05, 4.69) is 15.9 Å². The maximum Gasteiger partial charge on any atom is 0.328 e. The number of carboxylic acids is 1. The highest BCUT2D eigenvalue weighted by Crippen LogP contribution is 2.20. The van der Waals surface area contributed by atoms with Gasteiger partial charge in [-0.25, -0.2) is 4.79 Å². The number of carboxylic acid groups (broad SMARTS) is 1. The summed E-state index contributed by atoms with van der Waals surface area (Å²) >= 11 is 3.32. The Kier molecular flexibility index (Phi) is 4.43. The number of carbonyl (C=O) groups is 2. The summed E-state index contributed by atoms with van der Waals surface area (Å²) in [6.45, 7) is 1.52. The van der Waals surface area contributed by atoms with Gasteiger partial charge < -0.3 is 5.11 Å². The molecule has 1 aromatic carbocycles. The molecule has 0 saturated carbocycles. The second-order valence-corrected chi connectivity index (χ2v) is 4.26. The van der Waals surface area contributed by atoms with Gasteiger partial charge in [0.25, 0.3) is 0 Å². The third-order valence-electron chi connectivity index (χ3n) is 1.92. The Labute approximate surface area is 102 Å². The average molecular weight is 283 g/mol. The van der Waals surface area contributed by atoms with Gasteiger partial charge in [-0.3, -0.25) is 4.79 Å². The molecule has 0 aliphatic carbocycles. The lowest BCUT2D eigenvalue weighted by Crippen LogP contribution is -1.96. The summed E-state index contributed by atoms with van der Waals surface area (Å²) in [5.74, 6) is -0.917. The van der Waals surface area contributed by atoms with Crippen LogP contribution in [0, 0.1) is 0 Å². The molecule has 0 bridgehead atoms. The molecule has 0 saturated heterocycles. The van der Waals surface area contributed by atoms with E-state index in [0.717, 1.165) is 21.7 Å². The predicted octanol–water partition coefficient (Wildman–Crippen LogP) is 2.68. The van der Waals surface area contributed by atoms with Gasteiger partial charge in [0.05, 0.1) is 0 Å². The molecule has 0 fully saturated rings. The first-order chi connectivity index (χ1) is 7.49. The lowest BCUT2D eigenvalue weighted by atomic mass is 10.1. The van der Waals surface area contributed by atoms with Crippen LogP contribution in [-0.2, 0) is 16.0 Å². The van der Waals surface area contributed by atoms with Crippen LogP contribution in [-0.4, -0.2) is 16.9 Å². The fraction of sp³-hybridized carbons (Fsp3) is 0.167. The molecule has 16 heavy (non-hydrogen) atoms. The van der Waals surface area contributed by atoms with Crippen molar-refractivity contribution in [1.29, 1.82) is 0 Å². The van der Waals surface area contributed by atoms with E-state index in [9.17, 15) is 9.59 Å². The van der Waals surface area contributed by atoms with Crippen molar-refractivity contribution in [2.75, 3.05) is 0 Å². The third kappa shape index (κ3) is 3.98. The topological polar surface area (TPSA) is 54.4 Å². The van der Waals surface area contributed by atoms with Crippen molar-refractivity contribution >= 4 is 33.8 Å². The lowest BCUT2D eigenvalue weighted by Gasteiger charge is -2.02. The summed E-state index contributed by atoms with van der Waals surface area (Å²) in [4.78, 5) is 21.3. The fourth-order valence-electron chi connectivity index (χ4n) is 1.28. The molecule has 1 aromatic rings. The minimum atomic E-state index is -0.996. The number of ketones is 1. The van der Waals surface area contributed by atoms with Crippen LogP contribution in [0.4, 0.5) is 0 Å². The van der Waals surface area contributed by atoms with Crippen LogP contribution in [0.2, 0.25) is 0 Å². The van der Waals surface area contributed by atoms with Crippen molar-refractivity contribution in [1.82, 2.24) is 0 Å². The normalized spacial score (nSPS) is 10.6. The van der Waals surface area contributed by atoms with E-state index in [-0.39, 0.29) is 5.78 Å². The standard InChI is InChI=1S/C12H11BrO3/c1-8(14)6-9-2-4-11(13)10(7-9)3-5-12(15)16/h2-5,7H,6H2,1H3,(H,15,16)/b5-3+. The van der Waals surface area contributed by atoms with Crippen LogP contribution in [0.25, 0.3) is 6.08 Å². The Bertz CT molecular complexity index is 450. The Morgan fingerprint density at radius 1 is 1.44 bits per heavy atom. The maximum atomic E-state index is 11.0. The van der Waals surface area contributed by atoms with Crippen molar-refractivity contribution in [3.63, 3.8) is 0 Å². The van der Waals surface area contributed by atoms with Crippen molar-refractivity contribution < 1.29 is 14.7 Å². The van der Waals surface area contributed by atoms with E-state index >= 15 is 0 Å². The molecule has 3 nitrogen and oxygen atoms in total. The molecular formula is C12H11BrO3. The zero-order chi connectivity index (χ0) is 12.1. The molecule has 4 heteroatoms. The second kappa shape index (κ2) is 5.61. The quantitative estimate of drug-likeness (QED) is 0.864. The van der Waals surface area contributed by atoms with Crippen LogP contribution < -0.4 is 0 Å². The number of benzene rings is 1. The number of hydrogen-bond acceptors (Lipinski definition) is 2. The first-order valence-electron chi connectivity index (χ1n) is 4.68. The first-order valence-corrected chi connectivity index (χ1v) is 5.47. The highest BCUT2D eigenvalue weighted by atomic mass is 79.9. The molecule has 0 unspecified atom stereocenters. The zero-order valence-electron chi connectivity index (χ0n) is 8.74. The predicted molar refractivity (Wildman–Crippen MR) is 65.2 cm³/mol. The summed E-state index contributed by atoms with van der Waals surface area (Å²) in [6.07, 6.45) is 2.93. The molecule has 1 rings (SSSR count). The highest BCUT2D eigenvalue weighted by Gasteiger charge is 2.02. The van der Waals surface area contributed by atoms with Crippen LogP contribution in [0.5, 0.6) is 0 Å². The van der Waals surface area contributed by atoms with Gasteiger partial charge in [0.2, 0.25) is 0 Å². The minimum Gasteiger partial charge on any atom is -0.478 e. The average Bonchev–Trinajstić information content (AvgIpc) is 2.18. The number of carbonyl (C=O) groups excluding carboxylic acids is 1. The van der Waals surface area contributed by atoms with Crippen LogP contribution in [0.15, 0.2) is 28.7 Å². The molecule has 84 valence electrons. The van der Waals surface area contributed by atoms with Gasteiger partial charge in [-0.05, 0) is 30.2 Å². The summed E-state index contributed by atoms with van der Waals surface area (Å²) < 4.78 is 0.803. The van der Waals surface area contributed by atoms with Gasteiger partial charge in [0, 0.05) is 17.0 Å². The van der Waals surface area contributed by atoms with Gasteiger partial charge in [0.15, 0.2) is 0 Å². The van der Waals surface area contributed by atoms with Gasteiger partial charge >= 0.3 is 5.97 Å². The number of hydrogen-bond donors (Lipinski definition) is 1. The first kappa shape index (κ1) is 12.6. The van der Waals surface area contributed by atoms with Crippen LogP contribution >= 0.6 is 15.9 Å². The van der Waals surface area contributed by atoms with Crippen molar-refractivity contribution in [3.8, 4) is 0 Å². The van der Waals surface area contributed by atoms with Gasteiger partial charge in [-0.2, -0.15) is 0 Å². The van der Waals surface area contributed by atoms with Crippen LogP contribution in [0.1, 0.15) is 18.1 Å². The molecule has 0 aliphatic rings. The molecule has 0 aromatic heterocycles. The molecule has 0 radical (unpaired) electrons. The van der Waals surface area contributed by atoms with Crippen molar-refractivity contribution in [2.45, 2.75) is 13.3 Å². The Balaban J connectivity index is 2.99. The maximum absolute atomic E-state index is 11.0. The summed E-state index contributed by atoms with van der Waals surface area (Å²) in [5, 5.41) is 8.52. The monoisotopic (exact) mass is 282 g/mol. The van der Waals surface area contributed by atoms with E-state index in [4.69, 9.17) is 5.11 Å². The molecular weight excluding hydrogens is 272 g/mol. The highest BCUT2D eigenvalue weighted by molar-refractivity contribution is 9.10. The number of aliphatic carboxylic acids is 1. The second-order valence-electron chi connectivity index (χ2n) is 3.41. The Hall–Kier alpha value is -1.42. The lowest BCUT2D eigenvalue weighted by molar-refractivity contribution is -0.131. The van der Waals surface area contributed by atoms with E-state index in [1.165, 1.54) is 13.0 Å². The molecule has 0 atom stereocenters. The Morgan fingerprint density at radius 2 is 2.12 bits per heavy atom. The molecule has 1 N–H and O–H groups in total. The Morgan fingerprint density at radius 3 is 2.69 bits per heavy atom. The smallest absolute Gasteiger partial charge is 0.328 e. The molecule has 0 spiro atoms. The van der Waals surface area contributed by atoms with E-state index < -0.39 is 5.97 Å². The van der Waals surface area contributed by atoms with Gasteiger partial charge in [0.1, 0.15) is 5.78 Å². The zero-order valence-corrected chi connectivity index (χ0v) is 10.3. The summed E-state index contributed by atoms with van der Waals surface area (Å²) in [6, 6.07) is 5.44. The van der Waals surface area contributed by atoms with E-state index in [1.807, 2.05) is 6.07 Å². The van der Waals surface area contributed by atoms with E-state index in [0.29, 0.717) is 6.42 Å². The number of Topliss-reactive ketones (excluding diaryl/α,β-unsaturated/α-hetero) is 1. The molecule has 0 aliphatic heterocycles. The third-order valence-corrected chi connectivity index (χ3v) is 2.64. The van der Waals surface area contributed by atoms with Crippen LogP contribution in [0.3, 0.4) is 0 Å². The van der Waals surface area contributed by atoms with Gasteiger partial charge in [-0.15, -0.1) is 0 Å². The minimum absolute atomic E-state index is 0.0792. The number of halogens is 1. The fourth-order valence-corrected chi connectivity index (χ4v) is 1.66. The van der Waals surface area contributed by atoms with Crippen molar-refractivity contribution in [3.05, 3.63) is 39.9 Å². The van der Waals surface area contributed by atoms with E-state index in [1.54, 1.807) is 12.1 Å². The summed E-state index contributed by atoms with van der Waals surface area (Å²) in [5.41, 5.74) is 1.63. The SMILES string of the molecule is CC(=O)Cc1ccc(Br)c(/C=C/C(=O)O)c1. The number of rotatable bonds is 4.